The fourth-order valence-corrected chi connectivity index (χ4v) is 2.10. The minimum Gasteiger partial charge on any atom is -0.490 e. The van der Waals surface area contributed by atoms with Crippen molar-refractivity contribution in [1.29, 1.82) is 0 Å². The number of allylic oxidation sites excluding steroid dienone is 3. The minimum absolute atomic E-state index is 0.441. The van der Waals surface area contributed by atoms with Gasteiger partial charge in [-0.15, -0.1) is 0 Å². The molecular weight excluding hydrogens is 339 g/mol. The van der Waals surface area contributed by atoms with Crippen LogP contribution in [0.25, 0.3) is 0 Å². The van der Waals surface area contributed by atoms with Gasteiger partial charge in [0.2, 0.25) is 0 Å². The molecule has 122 valence electrons. The Hall–Kier alpha value is -0.630. The van der Waals surface area contributed by atoms with Crippen LogP contribution in [-0.2, 0) is 0 Å². The molecule has 1 rings (SSSR count). The van der Waals surface area contributed by atoms with Crippen LogP contribution in [0.3, 0.4) is 0 Å². The van der Waals surface area contributed by atoms with Crippen molar-refractivity contribution in [3.8, 4) is 5.75 Å². The lowest BCUT2D eigenvalue weighted by molar-refractivity contribution is 0.361. The maximum Gasteiger partial charge on any atom is 0.194 e. The number of alkyl halides is 3. The Morgan fingerprint density at radius 1 is 1.14 bits per heavy atom. The molecule has 0 bridgehead atoms. The lowest BCUT2D eigenvalue weighted by atomic mass is 10.1. The Balaban J connectivity index is 2.29. The van der Waals surface area contributed by atoms with E-state index in [-0.39, 0.29) is 0 Å². The van der Waals surface area contributed by atoms with E-state index in [4.69, 9.17) is 39.5 Å². The van der Waals surface area contributed by atoms with E-state index in [9.17, 15) is 0 Å². The Labute approximate surface area is 148 Å². The second-order valence-corrected chi connectivity index (χ2v) is 7.95. The van der Waals surface area contributed by atoms with Gasteiger partial charge in [-0.25, -0.2) is 0 Å². The van der Waals surface area contributed by atoms with Gasteiger partial charge in [0.25, 0.3) is 0 Å². The van der Waals surface area contributed by atoms with Crippen LogP contribution >= 0.6 is 34.8 Å². The molecule has 22 heavy (non-hydrogen) atoms. The van der Waals surface area contributed by atoms with Crippen molar-refractivity contribution in [2.24, 2.45) is 0 Å². The third-order valence-corrected chi connectivity index (χ3v) is 3.84. The first-order valence-electron chi connectivity index (χ1n) is 7.35. The molecule has 0 saturated carbocycles. The number of ether oxygens (including phenoxy) is 1. The number of hydrogen-bond acceptors (Lipinski definition) is 1. The molecule has 0 radical (unpaired) electrons. The van der Waals surface area contributed by atoms with Crippen molar-refractivity contribution < 1.29 is 4.74 Å². The SMILES string of the molecule is C/C(=C\COc1ccc(C)c(C)c1)CC/C=C/CC(Cl)(Cl)Cl. The van der Waals surface area contributed by atoms with Crippen LogP contribution in [0.4, 0.5) is 0 Å². The van der Waals surface area contributed by atoms with Gasteiger partial charge < -0.3 is 4.74 Å². The van der Waals surface area contributed by atoms with E-state index in [0.717, 1.165) is 18.6 Å². The number of halogens is 3. The summed E-state index contributed by atoms with van der Waals surface area (Å²) >= 11 is 17.0. The summed E-state index contributed by atoms with van der Waals surface area (Å²) in [5.41, 5.74) is 3.82. The van der Waals surface area contributed by atoms with Crippen LogP contribution in [0.2, 0.25) is 0 Å². The van der Waals surface area contributed by atoms with Crippen LogP contribution in [0, 0.1) is 13.8 Å². The first-order chi connectivity index (χ1) is 10.3. The number of benzene rings is 1. The van der Waals surface area contributed by atoms with Crippen molar-refractivity contribution in [3.63, 3.8) is 0 Å². The Bertz CT molecular complexity index is 528. The van der Waals surface area contributed by atoms with Crippen LogP contribution in [0.1, 0.15) is 37.3 Å². The quantitative estimate of drug-likeness (QED) is 0.386. The monoisotopic (exact) mass is 360 g/mol. The highest BCUT2D eigenvalue weighted by atomic mass is 35.6. The summed E-state index contributed by atoms with van der Waals surface area (Å²) in [6, 6.07) is 6.15. The van der Waals surface area contributed by atoms with Gasteiger partial charge in [-0.05, 0) is 62.9 Å². The molecule has 0 aliphatic heterocycles. The molecule has 0 N–H and O–H groups in total. The summed E-state index contributed by atoms with van der Waals surface area (Å²) < 4.78 is 4.54. The number of rotatable bonds is 7. The van der Waals surface area contributed by atoms with Gasteiger partial charge in [0.1, 0.15) is 12.4 Å². The van der Waals surface area contributed by atoms with E-state index >= 15 is 0 Å². The summed E-state index contributed by atoms with van der Waals surface area (Å²) in [4.78, 5) is 0. The minimum atomic E-state index is -1.19. The highest BCUT2D eigenvalue weighted by Crippen LogP contribution is 2.30. The van der Waals surface area contributed by atoms with Gasteiger partial charge in [0.15, 0.2) is 3.79 Å². The predicted octanol–water partition coefficient (Wildman–Crippen LogP) is 6.73. The first-order valence-corrected chi connectivity index (χ1v) is 8.49. The number of aryl methyl sites for hydroxylation is 2. The fourth-order valence-electron chi connectivity index (χ4n) is 1.83. The van der Waals surface area contributed by atoms with Crippen molar-refractivity contribution in [3.05, 3.63) is 53.1 Å². The molecule has 0 fully saturated rings. The molecule has 1 aromatic rings. The second kappa shape index (κ2) is 9.50. The van der Waals surface area contributed by atoms with E-state index in [1.54, 1.807) is 0 Å². The first kappa shape index (κ1) is 19.4. The standard InChI is InChI=1S/C18H23Cl3O/c1-14(7-5-4-6-11-18(19,20)21)10-12-22-17-9-8-15(2)16(3)13-17/h4,6,8-10,13H,5,7,11-12H2,1-3H3/b6-4+,14-10+. The summed E-state index contributed by atoms with van der Waals surface area (Å²) in [6.45, 7) is 6.88. The molecule has 0 atom stereocenters. The molecule has 1 nitrogen and oxygen atoms in total. The molecule has 0 aliphatic rings. The average molecular weight is 362 g/mol. The van der Waals surface area contributed by atoms with Gasteiger partial charge in [0, 0.05) is 6.42 Å². The van der Waals surface area contributed by atoms with Crippen molar-refractivity contribution >= 4 is 34.8 Å². The molecule has 4 heteroatoms. The highest BCUT2D eigenvalue weighted by molar-refractivity contribution is 6.67. The van der Waals surface area contributed by atoms with E-state index in [2.05, 4.69) is 39.0 Å². The van der Waals surface area contributed by atoms with Crippen molar-refractivity contribution in [1.82, 2.24) is 0 Å². The third-order valence-electron chi connectivity index (χ3n) is 3.38. The van der Waals surface area contributed by atoms with Gasteiger partial charge >= 0.3 is 0 Å². The Morgan fingerprint density at radius 2 is 1.86 bits per heavy atom. The third kappa shape index (κ3) is 8.73. The van der Waals surface area contributed by atoms with Gasteiger partial charge in [0.05, 0.1) is 0 Å². The largest absolute Gasteiger partial charge is 0.490 e. The Kier molecular flexibility index (Phi) is 8.38. The van der Waals surface area contributed by atoms with E-state index in [1.165, 1.54) is 16.7 Å². The van der Waals surface area contributed by atoms with E-state index < -0.39 is 3.79 Å². The normalized spacial score (nSPS) is 12.9. The lowest BCUT2D eigenvalue weighted by Crippen LogP contribution is -1.98. The second-order valence-electron chi connectivity index (χ2n) is 5.44. The molecule has 1 aromatic carbocycles. The van der Waals surface area contributed by atoms with Gasteiger partial charge in [-0.1, -0.05) is 58.6 Å². The van der Waals surface area contributed by atoms with E-state index in [1.807, 2.05) is 18.2 Å². The summed E-state index contributed by atoms with van der Waals surface area (Å²) in [5, 5.41) is 0. The zero-order chi connectivity index (χ0) is 16.6. The fraction of sp³-hybridized carbons (Fsp3) is 0.444. The zero-order valence-electron chi connectivity index (χ0n) is 13.3. The topological polar surface area (TPSA) is 9.23 Å². The van der Waals surface area contributed by atoms with Crippen LogP contribution < -0.4 is 4.74 Å². The summed E-state index contributed by atoms with van der Waals surface area (Å²) in [7, 11) is 0. The van der Waals surface area contributed by atoms with Gasteiger partial charge in [-0.3, -0.25) is 0 Å². The average Bonchev–Trinajstić information content (AvgIpc) is 2.41. The Morgan fingerprint density at radius 3 is 2.50 bits per heavy atom. The maximum atomic E-state index is 5.74. The van der Waals surface area contributed by atoms with Crippen LogP contribution in [0.5, 0.6) is 5.75 Å². The highest BCUT2D eigenvalue weighted by Gasteiger charge is 2.16. The zero-order valence-corrected chi connectivity index (χ0v) is 15.6. The van der Waals surface area contributed by atoms with Crippen LogP contribution in [-0.4, -0.2) is 10.4 Å². The lowest BCUT2D eigenvalue weighted by Gasteiger charge is -2.07. The van der Waals surface area contributed by atoms with Crippen LogP contribution in [0.15, 0.2) is 42.0 Å². The molecule has 0 heterocycles. The molecule has 0 spiro atoms. The maximum absolute atomic E-state index is 5.74. The van der Waals surface area contributed by atoms with Crippen molar-refractivity contribution in [2.75, 3.05) is 6.61 Å². The smallest absolute Gasteiger partial charge is 0.194 e. The van der Waals surface area contributed by atoms with Crippen molar-refractivity contribution in [2.45, 2.75) is 43.8 Å². The molecule has 0 saturated heterocycles. The summed E-state index contributed by atoms with van der Waals surface area (Å²) in [5.74, 6) is 0.912. The molecule has 0 unspecified atom stereocenters. The van der Waals surface area contributed by atoms with Gasteiger partial charge in [-0.2, -0.15) is 0 Å². The number of hydrogen-bond donors (Lipinski definition) is 0. The molecule has 0 aromatic heterocycles. The molecule has 0 amide bonds. The molecule has 0 aliphatic carbocycles. The van der Waals surface area contributed by atoms with E-state index in [0.29, 0.717) is 13.0 Å². The molecular formula is C18H23Cl3O. The summed E-state index contributed by atoms with van der Waals surface area (Å²) in [6.07, 6.45) is 8.42. The predicted molar refractivity (Wildman–Crippen MR) is 98.4 cm³/mol.